The third-order valence-electron chi connectivity index (χ3n) is 2.50. The first-order chi connectivity index (χ1) is 8.59. The van der Waals surface area contributed by atoms with Gasteiger partial charge in [-0.15, -0.1) is 0 Å². The van der Waals surface area contributed by atoms with Gasteiger partial charge >= 0.3 is 0 Å². The molecule has 0 unspecified atom stereocenters. The largest absolute Gasteiger partial charge is 0.482 e. The number of carbonyl (C=O) groups excluding carboxylic acids is 1. The molecule has 2 aromatic rings. The summed E-state index contributed by atoms with van der Waals surface area (Å²) in [6.45, 7) is -0.0959. The lowest BCUT2D eigenvalue weighted by molar-refractivity contribution is 0.0913. The van der Waals surface area contributed by atoms with E-state index in [0.717, 1.165) is 0 Å². The van der Waals surface area contributed by atoms with Crippen LogP contribution in [-0.2, 0) is 7.05 Å². The van der Waals surface area contributed by atoms with Gasteiger partial charge in [-0.05, 0) is 24.3 Å². The Hall–Kier alpha value is -1.45. The first kappa shape index (κ1) is 13.0. The molecule has 0 saturated carbocycles. The van der Waals surface area contributed by atoms with Crippen LogP contribution in [0.15, 0.2) is 36.5 Å². The van der Waals surface area contributed by atoms with E-state index in [1.165, 1.54) is 0 Å². The van der Waals surface area contributed by atoms with Gasteiger partial charge in [0.15, 0.2) is 12.4 Å². The third-order valence-corrected chi connectivity index (χ3v) is 3.09. The molecule has 1 aromatic carbocycles. The van der Waals surface area contributed by atoms with Gasteiger partial charge in [-0.2, -0.15) is 0 Å². The van der Waals surface area contributed by atoms with Crippen molar-refractivity contribution in [2.75, 3.05) is 6.61 Å². The molecule has 0 spiro atoms. The van der Waals surface area contributed by atoms with Gasteiger partial charge in [-0.3, -0.25) is 4.79 Å². The number of para-hydroxylation sites is 1. The van der Waals surface area contributed by atoms with Gasteiger partial charge in [0.05, 0.1) is 15.7 Å². The van der Waals surface area contributed by atoms with E-state index in [4.69, 9.17) is 27.9 Å². The number of ether oxygens (including phenoxy) is 1. The molecule has 3 nitrogen and oxygen atoms in total. The number of hydrogen-bond donors (Lipinski definition) is 0. The summed E-state index contributed by atoms with van der Waals surface area (Å²) in [7, 11) is 1.80. The van der Waals surface area contributed by atoms with Crippen molar-refractivity contribution in [3.05, 3.63) is 52.3 Å². The molecule has 0 N–H and O–H groups in total. The molecule has 2 rings (SSSR count). The minimum atomic E-state index is -0.126. The molecule has 0 amide bonds. The van der Waals surface area contributed by atoms with Crippen LogP contribution in [0.4, 0.5) is 0 Å². The van der Waals surface area contributed by atoms with Crippen molar-refractivity contribution in [2.24, 2.45) is 7.05 Å². The standard InChI is InChI=1S/C13H11Cl2NO2/c1-16-7-3-6-11(16)12(17)8-18-13-9(14)4-2-5-10(13)15/h2-7H,8H2,1H3. The molecular formula is C13H11Cl2NO2. The zero-order chi connectivity index (χ0) is 13.1. The Labute approximate surface area is 115 Å². The summed E-state index contributed by atoms with van der Waals surface area (Å²) in [6, 6.07) is 8.58. The Kier molecular flexibility index (Phi) is 3.94. The number of nitrogens with zero attached hydrogens (tertiary/aromatic N) is 1. The van der Waals surface area contributed by atoms with E-state index in [1.54, 1.807) is 48.1 Å². The number of Topliss-reactive ketones (excluding diaryl/α,β-unsaturated/α-hetero) is 1. The SMILES string of the molecule is Cn1cccc1C(=O)COc1c(Cl)cccc1Cl. The van der Waals surface area contributed by atoms with Crippen LogP contribution in [0, 0.1) is 0 Å². The molecule has 94 valence electrons. The van der Waals surface area contributed by atoms with Crippen LogP contribution in [0.5, 0.6) is 5.75 Å². The van der Waals surface area contributed by atoms with Gasteiger partial charge in [0.25, 0.3) is 0 Å². The first-order valence-electron chi connectivity index (χ1n) is 5.31. The zero-order valence-corrected chi connectivity index (χ0v) is 11.2. The number of carbonyl (C=O) groups is 1. The Balaban J connectivity index is 2.09. The molecule has 0 atom stereocenters. The number of aromatic nitrogens is 1. The maximum absolute atomic E-state index is 11.9. The minimum absolute atomic E-state index is 0.0959. The summed E-state index contributed by atoms with van der Waals surface area (Å²) in [6.07, 6.45) is 1.80. The normalized spacial score (nSPS) is 10.4. The molecular weight excluding hydrogens is 273 g/mol. The molecule has 0 radical (unpaired) electrons. The quantitative estimate of drug-likeness (QED) is 0.803. The minimum Gasteiger partial charge on any atom is -0.482 e. The van der Waals surface area contributed by atoms with Gasteiger partial charge in [0.2, 0.25) is 5.78 Å². The van der Waals surface area contributed by atoms with Crippen molar-refractivity contribution >= 4 is 29.0 Å². The average Bonchev–Trinajstić information content (AvgIpc) is 2.74. The molecule has 0 fully saturated rings. The van der Waals surface area contributed by atoms with Gasteiger partial charge < -0.3 is 9.30 Å². The number of halogens is 2. The fourth-order valence-electron chi connectivity index (χ4n) is 1.58. The molecule has 0 saturated heterocycles. The van der Waals surface area contributed by atoms with E-state index in [1.807, 2.05) is 0 Å². The molecule has 5 heteroatoms. The van der Waals surface area contributed by atoms with Crippen LogP contribution in [0.2, 0.25) is 10.0 Å². The second-order valence-corrected chi connectivity index (χ2v) is 4.58. The van der Waals surface area contributed by atoms with E-state index in [9.17, 15) is 4.79 Å². The summed E-state index contributed by atoms with van der Waals surface area (Å²) in [5.41, 5.74) is 0.582. The second-order valence-electron chi connectivity index (χ2n) is 3.77. The molecule has 0 aliphatic rings. The lowest BCUT2D eigenvalue weighted by Gasteiger charge is -2.09. The van der Waals surface area contributed by atoms with Crippen molar-refractivity contribution in [3.63, 3.8) is 0 Å². The summed E-state index contributed by atoms with van der Waals surface area (Å²) in [4.78, 5) is 11.9. The maximum Gasteiger partial charge on any atom is 0.216 e. The second kappa shape index (κ2) is 5.46. The van der Waals surface area contributed by atoms with Crippen LogP contribution in [0.25, 0.3) is 0 Å². The summed E-state index contributed by atoms with van der Waals surface area (Å²) < 4.78 is 7.12. The highest BCUT2D eigenvalue weighted by atomic mass is 35.5. The number of hydrogen-bond acceptors (Lipinski definition) is 2. The molecule has 0 aliphatic heterocycles. The third kappa shape index (κ3) is 2.68. The Morgan fingerprint density at radius 1 is 1.22 bits per heavy atom. The monoisotopic (exact) mass is 283 g/mol. The lowest BCUT2D eigenvalue weighted by Crippen LogP contribution is -2.15. The molecule has 1 aromatic heterocycles. The topological polar surface area (TPSA) is 31.2 Å². The highest BCUT2D eigenvalue weighted by Gasteiger charge is 2.12. The number of aryl methyl sites for hydroxylation is 1. The Bertz CT molecular complexity index is 558. The number of rotatable bonds is 4. The summed E-state index contributed by atoms with van der Waals surface area (Å²) >= 11 is 11.9. The van der Waals surface area contributed by atoms with Gasteiger partial charge in [0, 0.05) is 13.2 Å². The smallest absolute Gasteiger partial charge is 0.216 e. The van der Waals surface area contributed by atoms with E-state index in [2.05, 4.69) is 0 Å². The van der Waals surface area contributed by atoms with Crippen molar-refractivity contribution in [2.45, 2.75) is 0 Å². The van der Waals surface area contributed by atoms with Gasteiger partial charge in [0.1, 0.15) is 0 Å². The predicted octanol–water partition coefficient (Wildman–Crippen LogP) is 3.59. The Morgan fingerprint density at radius 2 is 1.89 bits per heavy atom. The highest BCUT2D eigenvalue weighted by Crippen LogP contribution is 2.32. The summed E-state index contributed by atoms with van der Waals surface area (Å²) in [5.74, 6) is 0.210. The van der Waals surface area contributed by atoms with Crippen molar-refractivity contribution in [1.82, 2.24) is 4.57 Å². The zero-order valence-electron chi connectivity index (χ0n) is 9.69. The Morgan fingerprint density at radius 3 is 2.44 bits per heavy atom. The predicted molar refractivity (Wildman–Crippen MR) is 71.7 cm³/mol. The van der Waals surface area contributed by atoms with Crippen LogP contribution >= 0.6 is 23.2 Å². The first-order valence-corrected chi connectivity index (χ1v) is 6.06. The van der Waals surface area contributed by atoms with E-state index >= 15 is 0 Å². The summed E-state index contributed by atoms with van der Waals surface area (Å²) in [5, 5.41) is 0.782. The van der Waals surface area contributed by atoms with Crippen molar-refractivity contribution in [3.8, 4) is 5.75 Å². The van der Waals surface area contributed by atoms with E-state index in [-0.39, 0.29) is 12.4 Å². The average molecular weight is 284 g/mol. The van der Waals surface area contributed by atoms with Crippen LogP contribution in [-0.4, -0.2) is 17.0 Å². The van der Waals surface area contributed by atoms with E-state index in [0.29, 0.717) is 21.5 Å². The van der Waals surface area contributed by atoms with Crippen molar-refractivity contribution in [1.29, 1.82) is 0 Å². The lowest BCUT2D eigenvalue weighted by atomic mass is 10.3. The molecule has 0 aliphatic carbocycles. The molecule has 0 bridgehead atoms. The number of benzene rings is 1. The van der Waals surface area contributed by atoms with Crippen LogP contribution < -0.4 is 4.74 Å². The van der Waals surface area contributed by atoms with Crippen LogP contribution in [0.3, 0.4) is 0 Å². The maximum atomic E-state index is 11.9. The number of ketones is 1. The highest BCUT2D eigenvalue weighted by molar-refractivity contribution is 6.37. The fourth-order valence-corrected chi connectivity index (χ4v) is 2.09. The van der Waals surface area contributed by atoms with Gasteiger partial charge in [-0.25, -0.2) is 0 Å². The van der Waals surface area contributed by atoms with Crippen molar-refractivity contribution < 1.29 is 9.53 Å². The van der Waals surface area contributed by atoms with E-state index < -0.39 is 0 Å². The molecule has 1 heterocycles. The van der Waals surface area contributed by atoms with Gasteiger partial charge in [-0.1, -0.05) is 29.3 Å². The fraction of sp³-hybridized carbons (Fsp3) is 0.154. The van der Waals surface area contributed by atoms with Crippen LogP contribution in [0.1, 0.15) is 10.5 Å². The molecule has 18 heavy (non-hydrogen) atoms.